The number of benzene rings is 3. The van der Waals surface area contributed by atoms with E-state index in [1.807, 2.05) is 0 Å². The Bertz CT molecular complexity index is 1390. The lowest BCUT2D eigenvalue weighted by Crippen LogP contribution is -2.20. The summed E-state index contributed by atoms with van der Waals surface area (Å²) in [6.45, 7) is 0.162. The molecule has 0 fully saturated rings. The van der Waals surface area contributed by atoms with Gasteiger partial charge < -0.3 is 14.8 Å². The Kier molecular flexibility index (Phi) is 10.6. The predicted molar refractivity (Wildman–Crippen MR) is 147 cm³/mol. The Balaban J connectivity index is 1.52. The van der Waals surface area contributed by atoms with Crippen molar-refractivity contribution in [2.24, 2.45) is 5.10 Å². The summed E-state index contributed by atoms with van der Waals surface area (Å²) in [6, 6.07) is 12.6. The molecule has 13 heteroatoms. The molecule has 0 unspecified atom stereocenters. The Morgan fingerprint density at radius 2 is 1.79 bits per heavy atom. The molecular formula is C26H21BrCl2F3N3O4. The van der Waals surface area contributed by atoms with Crippen molar-refractivity contribution in [3.05, 3.63) is 85.8 Å². The van der Waals surface area contributed by atoms with Gasteiger partial charge in [-0.3, -0.25) is 9.59 Å². The van der Waals surface area contributed by atoms with Crippen LogP contribution in [0.4, 0.5) is 18.9 Å². The summed E-state index contributed by atoms with van der Waals surface area (Å²) in [5.41, 5.74) is 2.69. The van der Waals surface area contributed by atoms with E-state index in [1.165, 1.54) is 25.5 Å². The van der Waals surface area contributed by atoms with Crippen LogP contribution in [0.5, 0.6) is 11.5 Å². The highest BCUT2D eigenvalue weighted by Gasteiger charge is 2.30. The number of halogens is 6. The molecule has 2 amide bonds. The summed E-state index contributed by atoms with van der Waals surface area (Å²) in [5, 5.41) is 7.19. The van der Waals surface area contributed by atoms with E-state index in [0.717, 1.165) is 17.7 Å². The van der Waals surface area contributed by atoms with Crippen LogP contribution in [0, 0.1) is 0 Å². The first kappa shape index (κ1) is 30.3. The van der Waals surface area contributed by atoms with Gasteiger partial charge in [0.1, 0.15) is 6.61 Å². The quantitative estimate of drug-likeness (QED) is 0.180. The SMILES string of the molecule is COc1cc(C=NNC(=O)CCC(=O)Nc2cccc(C(F)(F)F)c2)cc(Br)c1OCc1ccc(Cl)cc1Cl. The fourth-order valence-corrected chi connectivity index (χ4v) is 4.24. The number of methoxy groups -OCH3 is 1. The molecule has 7 nitrogen and oxygen atoms in total. The monoisotopic (exact) mass is 645 g/mol. The van der Waals surface area contributed by atoms with Gasteiger partial charge in [-0.2, -0.15) is 18.3 Å². The van der Waals surface area contributed by atoms with E-state index in [4.69, 9.17) is 32.7 Å². The normalized spacial score (nSPS) is 11.4. The lowest BCUT2D eigenvalue weighted by Gasteiger charge is -2.14. The second kappa shape index (κ2) is 13.7. The number of amides is 2. The van der Waals surface area contributed by atoms with Gasteiger partial charge >= 0.3 is 6.18 Å². The van der Waals surface area contributed by atoms with Crippen molar-refractivity contribution in [1.29, 1.82) is 0 Å². The molecule has 3 aromatic carbocycles. The van der Waals surface area contributed by atoms with Crippen LogP contribution in [0.15, 0.2) is 64.2 Å². The number of hydrogen-bond acceptors (Lipinski definition) is 5. The molecule has 3 aromatic rings. The van der Waals surface area contributed by atoms with Crippen molar-refractivity contribution in [1.82, 2.24) is 5.43 Å². The van der Waals surface area contributed by atoms with Gasteiger partial charge in [0.15, 0.2) is 11.5 Å². The topological polar surface area (TPSA) is 89.0 Å². The van der Waals surface area contributed by atoms with Crippen molar-refractivity contribution >= 4 is 62.8 Å². The third kappa shape index (κ3) is 9.15. The summed E-state index contributed by atoms with van der Waals surface area (Å²) in [6.07, 6.45) is -3.64. The molecule has 0 saturated carbocycles. The Hall–Kier alpha value is -3.28. The molecule has 0 bridgehead atoms. The number of carbonyl (C=O) groups excluding carboxylic acids is 2. The number of nitrogens with one attached hydrogen (secondary N) is 2. The molecule has 0 aliphatic heterocycles. The molecular weight excluding hydrogens is 626 g/mol. The number of anilines is 1. The van der Waals surface area contributed by atoms with Gasteiger partial charge in [-0.05, 0) is 64.0 Å². The minimum absolute atomic E-state index is 0.0172. The number of ether oxygens (including phenoxy) is 2. The first-order chi connectivity index (χ1) is 18.5. The van der Waals surface area contributed by atoms with Crippen LogP contribution in [0.1, 0.15) is 29.5 Å². The minimum atomic E-state index is -4.53. The molecule has 2 N–H and O–H groups in total. The number of rotatable bonds is 10. The second-order valence-electron chi connectivity index (χ2n) is 7.98. The van der Waals surface area contributed by atoms with Gasteiger partial charge in [0, 0.05) is 34.1 Å². The number of hydrogen-bond donors (Lipinski definition) is 2. The standard InChI is InChI=1S/C26H21BrCl2F3N3O4/c1-38-22-10-15(9-20(27)25(22)39-14-16-5-6-18(28)12-21(16)29)13-33-35-24(37)8-7-23(36)34-19-4-2-3-17(11-19)26(30,31)32/h2-6,9-13H,7-8,14H2,1H3,(H,34,36)(H,35,37). The van der Waals surface area contributed by atoms with Crippen LogP contribution in [0.25, 0.3) is 0 Å². The van der Waals surface area contributed by atoms with E-state index in [9.17, 15) is 22.8 Å². The molecule has 0 saturated heterocycles. The first-order valence-electron chi connectivity index (χ1n) is 11.2. The highest BCUT2D eigenvalue weighted by Crippen LogP contribution is 2.37. The lowest BCUT2D eigenvalue weighted by molar-refractivity contribution is -0.137. The summed E-state index contributed by atoms with van der Waals surface area (Å²) in [7, 11) is 1.47. The molecule has 206 valence electrons. The highest BCUT2D eigenvalue weighted by atomic mass is 79.9. The molecule has 0 aliphatic carbocycles. The van der Waals surface area contributed by atoms with E-state index in [-0.39, 0.29) is 25.1 Å². The maximum Gasteiger partial charge on any atom is 0.416 e. The molecule has 0 aromatic heterocycles. The largest absolute Gasteiger partial charge is 0.493 e. The lowest BCUT2D eigenvalue weighted by atomic mass is 10.2. The Morgan fingerprint density at radius 3 is 2.49 bits per heavy atom. The molecule has 0 heterocycles. The minimum Gasteiger partial charge on any atom is -0.493 e. The fourth-order valence-electron chi connectivity index (χ4n) is 3.20. The smallest absolute Gasteiger partial charge is 0.416 e. The first-order valence-corrected chi connectivity index (χ1v) is 12.7. The van der Waals surface area contributed by atoms with Crippen molar-refractivity contribution in [2.75, 3.05) is 12.4 Å². The van der Waals surface area contributed by atoms with E-state index >= 15 is 0 Å². The van der Waals surface area contributed by atoms with E-state index in [2.05, 4.69) is 31.8 Å². The maximum atomic E-state index is 12.8. The van der Waals surface area contributed by atoms with Crippen LogP contribution < -0.4 is 20.2 Å². The molecule has 0 radical (unpaired) electrons. The maximum absolute atomic E-state index is 12.8. The number of alkyl halides is 3. The molecule has 3 rings (SSSR count). The van der Waals surface area contributed by atoms with Crippen LogP contribution in [-0.4, -0.2) is 25.1 Å². The van der Waals surface area contributed by atoms with E-state index < -0.39 is 23.6 Å². The van der Waals surface area contributed by atoms with Crippen molar-refractivity contribution < 1.29 is 32.2 Å². The molecule has 0 atom stereocenters. The van der Waals surface area contributed by atoms with Gasteiger partial charge in [-0.25, -0.2) is 5.43 Å². The van der Waals surface area contributed by atoms with Crippen LogP contribution in [-0.2, 0) is 22.4 Å². The van der Waals surface area contributed by atoms with Gasteiger partial charge in [0.05, 0.1) is 23.4 Å². The molecule has 39 heavy (non-hydrogen) atoms. The van der Waals surface area contributed by atoms with E-state index in [0.29, 0.717) is 31.6 Å². The second-order valence-corrected chi connectivity index (χ2v) is 9.68. The van der Waals surface area contributed by atoms with Gasteiger partial charge in [0.2, 0.25) is 11.8 Å². The van der Waals surface area contributed by atoms with Gasteiger partial charge in [-0.1, -0.05) is 35.3 Å². The zero-order valence-electron chi connectivity index (χ0n) is 20.2. The fraction of sp³-hybridized carbons (Fsp3) is 0.192. The van der Waals surface area contributed by atoms with E-state index in [1.54, 1.807) is 30.3 Å². The molecule has 0 spiro atoms. The Labute approximate surface area is 240 Å². The number of hydrazone groups is 1. The Morgan fingerprint density at radius 1 is 1.05 bits per heavy atom. The van der Waals surface area contributed by atoms with Gasteiger partial charge in [0.25, 0.3) is 0 Å². The average Bonchev–Trinajstić information content (AvgIpc) is 2.87. The predicted octanol–water partition coefficient (Wildman–Crippen LogP) is 7.23. The third-order valence-corrected chi connectivity index (χ3v) is 6.27. The van der Waals surface area contributed by atoms with Gasteiger partial charge in [-0.15, -0.1) is 0 Å². The zero-order chi connectivity index (χ0) is 28.6. The third-order valence-electron chi connectivity index (χ3n) is 5.09. The van der Waals surface area contributed by atoms with Crippen LogP contribution in [0.3, 0.4) is 0 Å². The number of carbonyl (C=O) groups is 2. The number of nitrogens with zero attached hydrogens (tertiary/aromatic N) is 1. The average molecular weight is 647 g/mol. The summed E-state index contributed by atoms with van der Waals surface area (Å²) in [5.74, 6) is -0.348. The van der Waals surface area contributed by atoms with Crippen molar-refractivity contribution in [3.63, 3.8) is 0 Å². The van der Waals surface area contributed by atoms with Crippen LogP contribution >= 0.6 is 39.1 Å². The summed E-state index contributed by atoms with van der Waals surface area (Å²) in [4.78, 5) is 24.1. The van der Waals surface area contributed by atoms with Crippen molar-refractivity contribution in [2.45, 2.75) is 25.6 Å². The summed E-state index contributed by atoms with van der Waals surface area (Å²) >= 11 is 15.6. The zero-order valence-corrected chi connectivity index (χ0v) is 23.3. The van der Waals surface area contributed by atoms with Crippen LogP contribution in [0.2, 0.25) is 10.0 Å². The molecule has 0 aliphatic rings. The highest BCUT2D eigenvalue weighted by molar-refractivity contribution is 9.10. The summed E-state index contributed by atoms with van der Waals surface area (Å²) < 4.78 is 50.3. The van der Waals surface area contributed by atoms with Crippen molar-refractivity contribution in [3.8, 4) is 11.5 Å².